The standard InChI is InChI=1S/C22H23F3N6/c23-22(24,25)17-9-7-16(8-10-17)13-31-14-28-21-19(31)20(29-18(12-26)30-21)27-11-2-1-4-15-5-3-6-15/h7-10,14-15H,1-6,11,13H2,(H,27,29,30). The summed E-state index contributed by atoms with van der Waals surface area (Å²) < 4.78 is 40.2. The van der Waals surface area contributed by atoms with Crippen LogP contribution in [0.4, 0.5) is 19.0 Å². The molecular formula is C22H23F3N6. The first-order valence-electron chi connectivity index (χ1n) is 10.5. The first-order chi connectivity index (χ1) is 14.9. The zero-order chi connectivity index (χ0) is 21.8. The van der Waals surface area contributed by atoms with Gasteiger partial charge in [-0.15, -0.1) is 0 Å². The molecule has 1 aliphatic carbocycles. The van der Waals surface area contributed by atoms with Crippen molar-refractivity contribution in [3.63, 3.8) is 0 Å². The number of nitrogens with zero attached hydrogens (tertiary/aromatic N) is 5. The summed E-state index contributed by atoms with van der Waals surface area (Å²) in [5.74, 6) is 1.43. The van der Waals surface area contributed by atoms with E-state index < -0.39 is 11.7 Å². The van der Waals surface area contributed by atoms with Crippen molar-refractivity contribution in [1.82, 2.24) is 19.5 Å². The summed E-state index contributed by atoms with van der Waals surface area (Å²) in [6.07, 6.45) is 4.62. The largest absolute Gasteiger partial charge is 0.416 e. The van der Waals surface area contributed by atoms with Crippen LogP contribution in [0.25, 0.3) is 11.2 Å². The van der Waals surface area contributed by atoms with Crippen molar-refractivity contribution >= 4 is 17.0 Å². The summed E-state index contributed by atoms with van der Waals surface area (Å²) >= 11 is 0. The fourth-order valence-electron chi connectivity index (χ4n) is 3.81. The molecule has 9 heteroatoms. The summed E-state index contributed by atoms with van der Waals surface area (Å²) in [5, 5.41) is 12.5. The maximum Gasteiger partial charge on any atom is 0.416 e. The van der Waals surface area contributed by atoms with Crippen molar-refractivity contribution in [3.05, 3.63) is 47.5 Å². The van der Waals surface area contributed by atoms with Crippen LogP contribution in [-0.2, 0) is 12.7 Å². The Morgan fingerprint density at radius 3 is 2.55 bits per heavy atom. The van der Waals surface area contributed by atoms with Crippen LogP contribution in [0.3, 0.4) is 0 Å². The number of aromatic nitrogens is 4. The van der Waals surface area contributed by atoms with Crippen LogP contribution in [0.2, 0.25) is 0 Å². The SMILES string of the molecule is N#Cc1nc(NCCCCC2CCC2)c2c(ncn2Cc2ccc(C(F)(F)F)cc2)n1. The number of hydrogen-bond acceptors (Lipinski definition) is 5. The number of benzene rings is 1. The third-order valence-corrected chi connectivity index (χ3v) is 5.76. The number of halogens is 3. The maximum absolute atomic E-state index is 12.8. The second kappa shape index (κ2) is 8.92. The van der Waals surface area contributed by atoms with E-state index in [0.29, 0.717) is 29.1 Å². The lowest BCUT2D eigenvalue weighted by Gasteiger charge is -2.25. The minimum Gasteiger partial charge on any atom is -0.368 e. The second-order valence-electron chi connectivity index (χ2n) is 7.97. The van der Waals surface area contributed by atoms with Gasteiger partial charge in [-0.05, 0) is 30.0 Å². The third kappa shape index (κ3) is 4.95. The van der Waals surface area contributed by atoms with Gasteiger partial charge in [-0.3, -0.25) is 0 Å². The quantitative estimate of drug-likeness (QED) is 0.502. The van der Waals surface area contributed by atoms with E-state index in [0.717, 1.165) is 37.4 Å². The van der Waals surface area contributed by atoms with Gasteiger partial charge in [-0.25, -0.2) is 4.98 Å². The predicted octanol–water partition coefficient (Wildman–Crippen LogP) is 5.15. The van der Waals surface area contributed by atoms with Crippen molar-refractivity contribution in [3.8, 4) is 6.07 Å². The molecule has 0 saturated heterocycles. The van der Waals surface area contributed by atoms with Crippen LogP contribution in [0.1, 0.15) is 55.5 Å². The van der Waals surface area contributed by atoms with Gasteiger partial charge in [-0.1, -0.05) is 44.2 Å². The Hall–Kier alpha value is -3.15. The van der Waals surface area contributed by atoms with Crippen LogP contribution < -0.4 is 5.32 Å². The molecule has 1 aromatic carbocycles. The van der Waals surface area contributed by atoms with Crippen molar-refractivity contribution in [1.29, 1.82) is 5.26 Å². The normalized spacial score (nSPS) is 14.4. The second-order valence-corrected chi connectivity index (χ2v) is 7.97. The fraction of sp³-hybridized carbons (Fsp3) is 0.455. The molecule has 1 saturated carbocycles. The van der Waals surface area contributed by atoms with E-state index in [2.05, 4.69) is 20.3 Å². The van der Waals surface area contributed by atoms with E-state index in [9.17, 15) is 18.4 Å². The molecule has 162 valence electrons. The Morgan fingerprint density at radius 2 is 1.90 bits per heavy atom. The maximum atomic E-state index is 12.8. The van der Waals surface area contributed by atoms with E-state index in [1.807, 2.05) is 6.07 Å². The molecule has 0 aliphatic heterocycles. The summed E-state index contributed by atoms with van der Waals surface area (Å²) in [5.41, 5.74) is 1.04. The van der Waals surface area contributed by atoms with E-state index in [-0.39, 0.29) is 5.82 Å². The van der Waals surface area contributed by atoms with Crippen LogP contribution in [0.15, 0.2) is 30.6 Å². The highest BCUT2D eigenvalue weighted by atomic mass is 19.4. The molecule has 0 spiro atoms. The molecule has 0 unspecified atom stereocenters. The van der Waals surface area contributed by atoms with Gasteiger partial charge in [0.2, 0.25) is 5.82 Å². The molecular weight excluding hydrogens is 405 g/mol. The van der Waals surface area contributed by atoms with Gasteiger partial charge < -0.3 is 9.88 Å². The molecule has 1 N–H and O–H groups in total. The number of anilines is 1. The number of nitrogens with one attached hydrogen (secondary N) is 1. The average molecular weight is 428 g/mol. The summed E-state index contributed by atoms with van der Waals surface area (Å²) in [4.78, 5) is 12.7. The Balaban J connectivity index is 1.50. The third-order valence-electron chi connectivity index (χ3n) is 5.76. The first-order valence-corrected chi connectivity index (χ1v) is 10.5. The first kappa shape index (κ1) is 21.1. The predicted molar refractivity (Wildman–Crippen MR) is 110 cm³/mol. The fourth-order valence-corrected chi connectivity index (χ4v) is 3.81. The lowest BCUT2D eigenvalue weighted by Crippen LogP contribution is -2.12. The van der Waals surface area contributed by atoms with E-state index in [1.165, 1.54) is 37.8 Å². The van der Waals surface area contributed by atoms with E-state index in [1.54, 1.807) is 10.9 Å². The highest BCUT2D eigenvalue weighted by Crippen LogP contribution is 2.31. The van der Waals surface area contributed by atoms with Crippen molar-refractivity contribution in [2.45, 2.75) is 51.2 Å². The molecule has 1 aliphatic rings. The van der Waals surface area contributed by atoms with Crippen molar-refractivity contribution < 1.29 is 13.2 Å². The molecule has 6 nitrogen and oxygen atoms in total. The van der Waals surface area contributed by atoms with Gasteiger partial charge in [0.25, 0.3) is 0 Å². The molecule has 0 atom stereocenters. The van der Waals surface area contributed by atoms with Crippen molar-refractivity contribution in [2.24, 2.45) is 5.92 Å². The number of rotatable bonds is 8. The van der Waals surface area contributed by atoms with Gasteiger partial charge in [0.1, 0.15) is 11.6 Å². The molecule has 0 radical (unpaired) electrons. The highest BCUT2D eigenvalue weighted by molar-refractivity contribution is 5.83. The Labute approximate surface area is 178 Å². The highest BCUT2D eigenvalue weighted by Gasteiger charge is 2.30. The lowest BCUT2D eigenvalue weighted by molar-refractivity contribution is -0.137. The van der Waals surface area contributed by atoms with Gasteiger partial charge in [0, 0.05) is 13.1 Å². The molecule has 3 aromatic rings. The van der Waals surface area contributed by atoms with Crippen LogP contribution >= 0.6 is 0 Å². The Kier molecular flexibility index (Phi) is 6.07. The van der Waals surface area contributed by atoms with E-state index in [4.69, 9.17) is 0 Å². The number of fused-ring (bicyclic) bond motifs is 1. The van der Waals surface area contributed by atoms with Gasteiger partial charge >= 0.3 is 6.18 Å². The minimum absolute atomic E-state index is 0.0317. The molecule has 2 aromatic heterocycles. The number of nitriles is 1. The molecule has 4 rings (SSSR count). The summed E-state index contributed by atoms with van der Waals surface area (Å²) in [6, 6.07) is 6.99. The number of unbranched alkanes of at least 4 members (excludes halogenated alkanes) is 1. The number of alkyl halides is 3. The molecule has 0 amide bonds. The zero-order valence-corrected chi connectivity index (χ0v) is 17.0. The number of hydrogen-bond donors (Lipinski definition) is 1. The molecule has 31 heavy (non-hydrogen) atoms. The van der Waals surface area contributed by atoms with Gasteiger partial charge in [0.05, 0.1) is 11.9 Å². The smallest absolute Gasteiger partial charge is 0.368 e. The zero-order valence-electron chi connectivity index (χ0n) is 17.0. The van der Waals surface area contributed by atoms with Gasteiger partial charge in [-0.2, -0.15) is 28.4 Å². The van der Waals surface area contributed by atoms with E-state index >= 15 is 0 Å². The molecule has 2 heterocycles. The van der Waals surface area contributed by atoms with Crippen molar-refractivity contribution in [2.75, 3.05) is 11.9 Å². The van der Waals surface area contributed by atoms with Crippen LogP contribution in [0.5, 0.6) is 0 Å². The molecule has 1 fully saturated rings. The average Bonchev–Trinajstić information content (AvgIpc) is 3.11. The Bertz CT molecular complexity index is 1080. The number of imidazole rings is 1. The summed E-state index contributed by atoms with van der Waals surface area (Å²) in [7, 11) is 0. The summed E-state index contributed by atoms with van der Waals surface area (Å²) in [6.45, 7) is 1.04. The van der Waals surface area contributed by atoms with Crippen LogP contribution in [-0.4, -0.2) is 26.1 Å². The van der Waals surface area contributed by atoms with Gasteiger partial charge in [0.15, 0.2) is 11.5 Å². The lowest BCUT2D eigenvalue weighted by atomic mass is 9.82. The molecule has 0 bridgehead atoms. The minimum atomic E-state index is -4.36. The topological polar surface area (TPSA) is 79.4 Å². The van der Waals surface area contributed by atoms with Crippen LogP contribution in [0, 0.1) is 17.2 Å². The monoisotopic (exact) mass is 428 g/mol. The Morgan fingerprint density at radius 1 is 1.13 bits per heavy atom.